The molecule has 1 saturated carbocycles. The number of nitrogens with one attached hydrogen (secondary N) is 1. The number of amides is 1. The van der Waals surface area contributed by atoms with Gasteiger partial charge in [0.15, 0.2) is 5.69 Å². The van der Waals surface area contributed by atoms with Crippen molar-refractivity contribution < 1.29 is 9.32 Å². The summed E-state index contributed by atoms with van der Waals surface area (Å²) in [6.45, 7) is 0. The molecule has 0 spiro atoms. The Morgan fingerprint density at radius 1 is 1.15 bits per heavy atom. The molecule has 1 aromatic carbocycles. The zero-order chi connectivity index (χ0) is 17.5. The van der Waals surface area contributed by atoms with Crippen molar-refractivity contribution in [2.24, 2.45) is 0 Å². The van der Waals surface area contributed by atoms with Gasteiger partial charge in [-0.3, -0.25) is 4.79 Å². The minimum Gasteiger partial charge on any atom is -0.360 e. The summed E-state index contributed by atoms with van der Waals surface area (Å²) in [5.74, 6) is 0.962. The van der Waals surface area contributed by atoms with E-state index in [1.165, 1.54) is 0 Å². The summed E-state index contributed by atoms with van der Waals surface area (Å²) >= 11 is 0. The standard InChI is InChI=1S/C20H16N4O2/c25-20(16-11-18(26-23-16)13-7-8-13)21-15-5-3-4-14(10-15)17-12-24-9-2-1-6-19(24)22-17/h1-6,9-13H,7-8H2,(H,21,25). The first kappa shape index (κ1) is 14.9. The molecular formula is C20H16N4O2. The first-order chi connectivity index (χ1) is 12.8. The molecule has 1 aliphatic carbocycles. The van der Waals surface area contributed by atoms with Crippen LogP contribution in [0.5, 0.6) is 0 Å². The van der Waals surface area contributed by atoms with E-state index >= 15 is 0 Å². The van der Waals surface area contributed by atoms with Crippen LogP contribution < -0.4 is 5.32 Å². The number of imidazole rings is 1. The predicted molar refractivity (Wildman–Crippen MR) is 97.1 cm³/mol. The summed E-state index contributed by atoms with van der Waals surface area (Å²) < 4.78 is 7.22. The van der Waals surface area contributed by atoms with Gasteiger partial charge in [0.25, 0.3) is 5.91 Å². The Labute approximate surface area is 149 Å². The molecule has 1 amide bonds. The third-order valence-corrected chi connectivity index (χ3v) is 4.52. The number of anilines is 1. The number of rotatable bonds is 4. The Hall–Kier alpha value is -3.41. The van der Waals surface area contributed by atoms with Crippen LogP contribution in [0.3, 0.4) is 0 Å². The molecule has 3 heterocycles. The molecule has 0 bridgehead atoms. The van der Waals surface area contributed by atoms with E-state index < -0.39 is 0 Å². The highest BCUT2D eigenvalue weighted by atomic mass is 16.5. The number of pyridine rings is 1. The lowest BCUT2D eigenvalue weighted by Gasteiger charge is -2.04. The Bertz CT molecular complexity index is 1070. The van der Waals surface area contributed by atoms with Crippen LogP contribution in [0, 0.1) is 0 Å². The van der Waals surface area contributed by atoms with Gasteiger partial charge in [-0.1, -0.05) is 23.4 Å². The number of benzene rings is 1. The van der Waals surface area contributed by atoms with Crippen molar-refractivity contribution in [2.75, 3.05) is 5.32 Å². The molecule has 128 valence electrons. The van der Waals surface area contributed by atoms with Gasteiger partial charge >= 0.3 is 0 Å². The summed E-state index contributed by atoms with van der Waals surface area (Å²) in [5, 5.41) is 6.76. The fourth-order valence-electron chi connectivity index (χ4n) is 2.98. The van der Waals surface area contributed by atoms with Gasteiger partial charge < -0.3 is 14.2 Å². The normalized spacial score (nSPS) is 13.8. The average molecular weight is 344 g/mol. The number of hydrogen-bond acceptors (Lipinski definition) is 4. The lowest BCUT2D eigenvalue weighted by molar-refractivity contribution is 0.101. The second-order valence-electron chi connectivity index (χ2n) is 6.52. The Balaban J connectivity index is 1.39. The summed E-state index contributed by atoms with van der Waals surface area (Å²) in [6, 6.07) is 15.2. The maximum absolute atomic E-state index is 12.4. The molecule has 4 aromatic rings. The molecule has 1 N–H and O–H groups in total. The highest BCUT2D eigenvalue weighted by Gasteiger charge is 2.28. The van der Waals surface area contributed by atoms with Gasteiger partial charge in [0.1, 0.15) is 11.4 Å². The number of aromatic nitrogens is 3. The lowest BCUT2D eigenvalue weighted by Crippen LogP contribution is -2.12. The van der Waals surface area contributed by atoms with Gasteiger partial charge in [0.2, 0.25) is 0 Å². The molecular weight excluding hydrogens is 328 g/mol. The molecule has 0 atom stereocenters. The molecule has 0 radical (unpaired) electrons. The fourth-order valence-corrected chi connectivity index (χ4v) is 2.98. The number of fused-ring (bicyclic) bond motifs is 1. The van der Waals surface area contributed by atoms with Crippen molar-refractivity contribution in [2.45, 2.75) is 18.8 Å². The summed E-state index contributed by atoms with van der Waals surface area (Å²) in [6.07, 6.45) is 6.14. The smallest absolute Gasteiger partial charge is 0.277 e. The number of nitrogens with zero attached hydrogens (tertiary/aromatic N) is 3. The van der Waals surface area contributed by atoms with Gasteiger partial charge in [-0.15, -0.1) is 0 Å². The van der Waals surface area contributed by atoms with Crippen molar-refractivity contribution in [1.82, 2.24) is 14.5 Å². The van der Waals surface area contributed by atoms with E-state index in [2.05, 4.69) is 15.5 Å². The largest absolute Gasteiger partial charge is 0.360 e. The van der Waals surface area contributed by atoms with E-state index in [9.17, 15) is 4.79 Å². The highest BCUT2D eigenvalue weighted by molar-refractivity contribution is 6.03. The van der Waals surface area contributed by atoms with Crippen LogP contribution in [0.4, 0.5) is 5.69 Å². The average Bonchev–Trinajstić information content (AvgIpc) is 3.22. The SMILES string of the molecule is O=C(Nc1cccc(-c2cn3ccccc3n2)c1)c1cc(C2CC2)on1. The molecule has 1 fully saturated rings. The molecule has 26 heavy (non-hydrogen) atoms. The summed E-state index contributed by atoms with van der Waals surface area (Å²) in [5.41, 5.74) is 3.67. The maximum Gasteiger partial charge on any atom is 0.277 e. The molecule has 0 saturated heterocycles. The minimum atomic E-state index is -0.271. The molecule has 1 aliphatic rings. The van der Waals surface area contributed by atoms with Crippen molar-refractivity contribution in [3.63, 3.8) is 0 Å². The van der Waals surface area contributed by atoms with Gasteiger partial charge in [0, 0.05) is 35.6 Å². The van der Waals surface area contributed by atoms with E-state index in [0.29, 0.717) is 17.3 Å². The van der Waals surface area contributed by atoms with Crippen LogP contribution in [0.2, 0.25) is 0 Å². The van der Waals surface area contributed by atoms with Gasteiger partial charge in [-0.25, -0.2) is 4.98 Å². The van der Waals surface area contributed by atoms with Gasteiger partial charge in [-0.05, 0) is 37.1 Å². The molecule has 0 aliphatic heterocycles. The zero-order valence-corrected chi connectivity index (χ0v) is 13.9. The highest BCUT2D eigenvalue weighted by Crippen LogP contribution is 2.40. The fraction of sp³-hybridized carbons (Fsp3) is 0.150. The molecule has 3 aromatic heterocycles. The van der Waals surface area contributed by atoms with Crippen molar-refractivity contribution in [3.05, 3.63) is 72.4 Å². The van der Waals surface area contributed by atoms with E-state index in [0.717, 1.165) is 35.5 Å². The first-order valence-corrected chi connectivity index (χ1v) is 8.58. The van der Waals surface area contributed by atoms with Crippen LogP contribution in [0.25, 0.3) is 16.9 Å². The third kappa shape index (κ3) is 2.75. The molecule has 5 rings (SSSR count). The van der Waals surface area contributed by atoms with Gasteiger partial charge in [-0.2, -0.15) is 0 Å². The molecule has 6 heteroatoms. The van der Waals surface area contributed by atoms with E-state index in [1.54, 1.807) is 6.07 Å². The van der Waals surface area contributed by atoms with Gasteiger partial charge in [0.05, 0.1) is 5.69 Å². The van der Waals surface area contributed by atoms with Crippen molar-refractivity contribution in [3.8, 4) is 11.3 Å². The van der Waals surface area contributed by atoms with Crippen LogP contribution >= 0.6 is 0 Å². The topological polar surface area (TPSA) is 72.4 Å². The molecule has 6 nitrogen and oxygen atoms in total. The Morgan fingerprint density at radius 2 is 2.08 bits per heavy atom. The zero-order valence-electron chi connectivity index (χ0n) is 13.9. The number of carbonyl (C=O) groups is 1. The quantitative estimate of drug-likeness (QED) is 0.604. The number of hydrogen-bond donors (Lipinski definition) is 1. The second-order valence-corrected chi connectivity index (χ2v) is 6.52. The maximum atomic E-state index is 12.4. The monoisotopic (exact) mass is 344 g/mol. The molecule has 0 unspecified atom stereocenters. The van der Waals surface area contributed by atoms with Crippen LogP contribution in [-0.4, -0.2) is 20.4 Å². The Morgan fingerprint density at radius 3 is 2.92 bits per heavy atom. The lowest BCUT2D eigenvalue weighted by atomic mass is 10.1. The summed E-state index contributed by atoms with van der Waals surface area (Å²) in [7, 11) is 0. The van der Waals surface area contributed by atoms with Crippen LogP contribution in [-0.2, 0) is 0 Å². The van der Waals surface area contributed by atoms with E-state index in [-0.39, 0.29) is 5.91 Å². The van der Waals surface area contributed by atoms with E-state index in [1.807, 2.05) is 59.3 Å². The van der Waals surface area contributed by atoms with Crippen LogP contribution in [0.15, 0.2) is 65.4 Å². The minimum absolute atomic E-state index is 0.271. The summed E-state index contributed by atoms with van der Waals surface area (Å²) in [4.78, 5) is 17.0. The number of carbonyl (C=O) groups excluding carboxylic acids is 1. The van der Waals surface area contributed by atoms with Crippen molar-refractivity contribution in [1.29, 1.82) is 0 Å². The van der Waals surface area contributed by atoms with E-state index in [4.69, 9.17) is 4.52 Å². The predicted octanol–water partition coefficient (Wildman–Crippen LogP) is 4.12. The Kier molecular flexibility index (Phi) is 3.35. The first-order valence-electron chi connectivity index (χ1n) is 8.58. The second kappa shape index (κ2) is 5.84. The van der Waals surface area contributed by atoms with Crippen molar-refractivity contribution >= 4 is 17.2 Å². The van der Waals surface area contributed by atoms with Crippen LogP contribution in [0.1, 0.15) is 35.0 Å². The third-order valence-electron chi connectivity index (χ3n) is 4.52.